The summed E-state index contributed by atoms with van der Waals surface area (Å²) in [5.41, 5.74) is 9.11. The van der Waals surface area contributed by atoms with Crippen molar-refractivity contribution in [2.24, 2.45) is 15.8 Å². The first kappa shape index (κ1) is 32.7. The maximum absolute atomic E-state index is 11.6. The number of ether oxygens (including phenoxy) is 1. The zero-order valence-electron chi connectivity index (χ0n) is 22.3. The van der Waals surface area contributed by atoms with Gasteiger partial charge in [-0.25, -0.2) is 9.82 Å². The Morgan fingerprint density at radius 3 is 2.51 bits per heavy atom. The summed E-state index contributed by atoms with van der Waals surface area (Å²) in [5, 5.41) is 14.1. The molecule has 0 saturated carbocycles. The minimum atomic E-state index is -0.269. The Morgan fingerprint density at radius 1 is 1.32 bits per heavy atom. The van der Waals surface area contributed by atoms with Crippen molar-refractivity contribution in [2.75, 3.05) is 0 Å². The number of nitrogens with zero attached hydrogens (tertiary/aromatic N) is 4. The van der Waals surface area contributed by atoms with Gasteiger partial charge >= 0.3 is 0 Å². The van der Waals surface area contributed by atoms with Gasteiger partial charge in [-0.2, -0.15) is 0 Å². The summed E-state index contributed by atoms with van der Waals surface area (Å²) in [6, 6.07) is 0. The van der Waals surface area contributed by atoms with Gasteiger partial charge in [0.05, 0.1) is 11.7 Å². The van der Waals surface area contributed by atoms with Crippen LogP contribution in [0.1, 0.15) is 65.2 Å². The number of unbranched alkanes of at least 4 members (excludes halogenated alkanes) is 1. The van der Waals surface area contributed by atoms with Crippen LogP contribution < -0.4 is 16.5 Å². The third-order valence-electron chi connectivity index (χ3n) is 4.04. The fraction of sp³-hybridized carbons (Fsp3) is 0.346. The molecule has 1 unspecified atom stereocenters. The van der Waals surface area contributed by atoms with Crippen LogP contribution in [0.4, 0.5) is 4.39 Å². The lowest BCUT2D eigenvalue weighted by Crippen LogP contribution is -2.25. The summed E-state index contributed by atoms with van der Waals surface area (Å²) in [6.07, 6.45) is 12.1. The van der Waals surface area contributed by atoms with Gasteiger partial charge in [0.1, 0.15) is 5.83 Å². The van der Waals surface area contributed by atoms with Crippen LogP contribution >= 0.6 is 0 Å². The van der Waals surface area contributed by atoms with Gasteiger partial charge in [-0.05, 0) is 45.9 Å². The van der Waals surface area contributed by atoms with Gasteiger partial charge in [0.15, 0.2) is 0 Å². The molecule has 0 aromatic carbocycles. The number of aliphatic imine (C=N–C) groups is 1. The van der Waals surface area contributed by atoms with Gasteiger partial charge < -0.3 is 20.2 Å². The van der Waals surface area contributed by atoms with Gasteiger partial charge in [-0.3, -0.25) is 9.79 Å². The van der Waals surface area contributed by atoms with E-state index in [0.717, 1.165) is 18.4 Å². The zero-order valence-corrected chi connectivity index (χ0v) is 22.3. The third-order valence-corrected chi connectivity index (χ3v) is 4.04. The summed E-state index contributed by atoms with van der Waals surface area (Å²) in [5.74, 6) is 1.57. The molecule has 11 heteroatoms. The Morgan fingerprint density at radius 2 is 2.03 bits per heavy atom. The molecule has 0 spiro atoms. The van der Waals surface area contributed by atoms with Crippen LogP contribution in [0.25, 0.3) is 0 Å². The van der Waals surface area contributed by atoms with E-state index in [0.29, 0.717) is 30.0 Å². The lowest BCUT2D eigenvalue weighted by molar-refractivity contribution is -0.118. The first-order chi connectivity index (χ1) is 17.6. The minimum absolute atomic E-state index is 0.159. The molecule has 0 radical (unpaired) electrons. The van der Waals surface area contributed by atoms with Crippen molar-refractivity contribution >= 4 is 18.0 Å². The summed E-state index contributed by atoms with van der Waals surface area (Å²) in [6.45, 7) is 19.2. The van der Waals surface area contributed by atoms with E-state index in [1.54, 1.807) is 25.3 Å². The number of nitrogens with one attached hydrogen (secondary N) is 2. The fourth-order valence-corrected chi connectivity index (χ4v) is 2.23. The Balaban J connectivity index is 0.000000583. The predicted molar refractivity (Wildman–Crippen MR) is 146 cm³/mol. The Bertz CT molecular complexity index is 1050. The number of carbonyl (C=O) groups excluding carboxylic acids is 1. The van der Waals surface area contributed by atoms with Crippen molar-refractivity contribution in [1.29, 1.82) is 0 Å². The highest BCUT2D eigenvalue weighted by atomic mass is 19.1. The summed E-state index contributed by atoms with van der Waals surface area (Å²) >= 11 is 0. The molecule has 1 aromatic heterocycles. The van der Waals surface area contributed by atoms with Crippen molar-refractivity contribution in [3.63, 3.8) is 0 Å². The molecule has 10 nitrogen and oxygen atoms in total. The molecule has 0 fully saturated rings. The van der Waals surface area contributed by atoms with Crippen molar-refractivity contribution in [2.45, 2.75) is 59.8 Å². The number of hydrogen-bond donors (Lipinski definition) is 3. The number of halogens is 1. The second-order valence-electron chi connectivity index (χ2n) is 7.48. The highest BCUT2D eigenvalue weighted by Gasteiger charge is 2.13. The standard InChI is InChI=1S/C11H16N4O2.C10H15N3O.C5H7F/c1-4-5-10-14-15-11(17-10)7(2)6-9(12)13-8(3)16;1-4-5-6-11-7-8(2)10-13-12-9(3)14-10;1-3-5(6)4-2/h4,6-7H,1,5,12H2,2-3H3,(H,13,16);6-7,12H,3-5H2,1-2H3;3-4H,1H2,2H3/b9-6+;8-7+,11-6?;5-4+. The van der Waals surface area contributed by atoms with E-state index in [1.165, 1.54) is 19.1 Å². The largest absolute Gasteiger partial charge is 0.424 e. The van der Waals surface area contributed by atoms with Crippen LogP contribution in [-0.2, 0) is 16.0 Å². The number of hydrazone groups is 1. The first-order valence-electron chi connectivity index (χ1n) is 11.6. The lowest BCUT2D eigenvalue weighted by Gasteiger charge is -2.04. The maximum Gasteiger partial charge on any atom is 0.242 e. The van der Waals surface area contributed by atoms with Gasteiger partial charge in [0, 0.05) is 31.3 Å². The topological polar surface area (TPSA) is 140 Å². The highest BCUT2D eigenvalue weighted by Crippen LogP contribution is 2.15. The van der Waals surface area contributed by atoms with Crippen LogP contribution in [-0.4, -0.2) is 28.2 Å². The molecular formula is C26H38FN7O3. The van der Waals surface area contributed by atoms with Crippen LogP contribution in [0.3, 0.4) is 0 Å². The fourth-order valence-electron chi connectivity index (χ4n) is 2.23. The second-order valence-corrected chi connectivity index (χ2v) is 7.48. The van der Waals surface area contributed by atoms with Gasteiger partial charge in [-0.15, -0.1) is 21.9 Å². The monoisotopic (exact) mass is 515 g/mol. The van der Waals surface area contributed by atoms with Gasteiger partial charge in [-0.1, -0.05) is 32.1 Å². The summed E-state index contributed by atoms with van der Waals surface area (Å²) < 4.78 is 22.2. The first-order valence-corrected chi connectivity index (χ1v) is 11.6. The van der Waals surface area contributed by atoms with Crippen LogP contribution in [0.15, 0.2) is 87.9 Å². The molecule has 1 amide bonds. The van der Waals surface area contributed by atoms with Crippen molar-refractivity contribution in [3.8, 4) is 0 Å². The molecule has 2 heterocycles. The van der Waals surface area contributed by atoms with Gasteiger partial charge in [0.25, 0.3) is 0 Å². The van der Waals surface area contributed by atoms with E-state index in [4.69, 9.17) is 14.9 Å². The van der Waals surface area contributed by atoms with E-state index >= 15 is 0 Å². The molecule has 4 N–H and O–H groups in total. The quantitative estimate of drug-likeness (QED) is 0.225. The van der Waals surface area contributed by atoms with Crippen molar-refractivity contribution in [3.05, 3.63) is 85.1 Å². The molecule has 1 aliphatic rings. The lowest BCUT2D eigenvalue weighted by atomic mass is 10.2. The molecule has 2 rings (SSSR count). The summed E-state index contributed by atoms with van der Waals surface area (Å²) in [4.78, 5) is 14.9. The second kappa shape index (κ2) is 19.0. The number of nitrogens with two attached hydrogens (primary N) is 1. The zero-order chi connectivity index (χ0) is 28.2. The Hall–Kier alpha value is -4.28. The molecule has 0 saturated heterocycles. The highest BCUT2D eigenvalue weighted by molar-refractivity contribution is 5.94. The van der Waals surface area contributed by atoms with E-state index < -0.39 is 0 Å². The number of carbonyl (C=O) groups is 1. The number of hydrogen-bond acceptors (Lipinski definition) is 9. The maximum atomic E-state index is 11.6. The Kier molecular flexibility index (Phi) is 16.8. The number of amides is 1. The van der Waals surface area contributed by atoms with Gasteiger partial charge in [0.2, 0.25) is 29.5 Å². The molecule has 37 heavy (non-hydrogen) atoms. The van der Waals surface area contributed by atoms with Crippen molar-refractivity contribution in [1.82, 2.24) is 20.9 Å². The predicted octanol–water partition coefficient (Wildman–Crippen LogP) is 5.05. The van der Waals surface area contributed by atoms with Crippen LogP contribution in [0.5, 0.6) is 0 Å². The normalized spacial score (nSPS) is 14.3. The minimum Gasteiger partial charge on any atom is -0.424 e. The van der Waals surface area contributed by atoms with E-state index in [9.17, 15) is 9.18 Å². The van der Waals surface area contributed by atoms with Crippen molar-refractivity contribution < 1.29 is 18.3 Å². The molecule has 0 aliphatic carbocycles. The summed E-state index contributed by atoms with van der Waals surface area (Å²) in [7, 11) is 0. The molecule has 1 atom stereocenters. The average Bonchev–Trinajstić information content (AvgIpc) is 3.51. The van der Waals surface area contributed by atoms with E-state index in [-0.39, 0.29) is 23.5 Å². The number of rotatable bonds is 10. The number of aromatic nitrogens is 2. The third kappa shape index (κ3) is 15.4. The molecule has 202 valence electrons. The smallest absolute Gasteiger partial charge is 0.242 e. The molecule has 1 aromatic rings. The molecule has 0 bridgehead atoms. The Labute approximate surface area is 218 Å². The van der Waals surface area contributed by atoms with Crippen LogP contribution in [0, 0.1) is 0 Å². The molecular weight excluding hydrogens is 477 g/mol. The number of allylic oxidation sites excluding steroid dienone is 5. The average molecular weight is 516 g/mol. The van der Waals surface area contributed by atoms with E-state index in [2.05, 4.69) is 57.7 Å². The SMILES string of the molecule is C=C/C(F)=C\C.C=C1NN=C(/C(C)=C/N=CCCC)O1.C=CCc1nnc(C(C)/C=C(\N)NC(C)=O)o1. The van der Waals surface area contributed by atoms with E-state index in [1.807, 2.05) is 20.1 Å². The van der Waals surface area contributed by atoms with Crippen LogP contribution in [0.2, 0.25) is 0 Å². The molecule has 1 aliphatic heterocycles.